The van der Waals surface area contributed by atoms with Crippen molar-refractivity contribution >= 4 is 21.7 Å². The van der Waals surface area contributed by atoms with Gasteiger partial charge in [-0.05, 0) is 54.0 Å². The molecule has 2 rings (SSSR count). The van der Waals surface area contributed by atoms with Crippen LogP contribution in [-0.4, -0.2) is 16.0 Å². The molecule has 100 valence electrons. The first-order valence-corrected chi connectivity index (χ1v) is 7.76. The van der Waals surface area contributed by atoms with E-state index in [0.717, 1.165) is 35.0 Å². The highest BCUT2D eigenvalue weighted by molar-refractivity contribution is 9.10. The lowest BCUT2D eigenvalue weighted by atomic mass is 9.87. The largest absolute Gasteiger partial charge is 0.367 e. The Hall–Kier alpha value is -0.640. The maximum atomic E-state index is 4.58. The van der Waals surface area contributed by atoms with Crippen LogP contribution in [0.25, 0.3) is 0 Å². The molecule has 1 heterocycles. The molecule has 1 aliphatic rings. The van der Waals surface area contributed by atoms with Crippen LogP contribution < -0.4 is 5.32 Å². The van der Waals surface area contributed by atoms with Gasteiger partial charge in [-0.25, -0.2) is 9.97 Å². The highest BCUT2D eigenvalue weighted by Gasteiger charge is 2.18. The predicted molar refractivity (Wildman–Crippen MR) is 78.8 cm³/mol. The second-order valence-electron chi connectivity index (χ2n) is 5.34. The maximum Gasteiger partial charge on any atom is 0.132 e. The van der Waals surface area contributed by atoms with Crippen molar-refractivity contribution in [3.63, 3.8) is 0 Å². The van der Waals surface area contributed by atoms with Gasteiger partial charge in [-0.3, -0.25) is 0 Å². The minimum absolute atomic E-state index is 0.581. The number of halogens is 1. The smallest absolute Gasteiger partial charge is 0.132 e. The van der Waals surface area contributed by atoms with E-state index in [1.165, 1.54) is 25.7 Å². The molecule has 0 radical (unpaired) electrons. The van der Waals surface area contributed by atoms with Gasteiger partial charge in [0, 0.05) is 18.5 Å². The van der Waals surface area contributed by atoms with Gasteiger partial charge >= 0.3 is 0 Å². The van der Waals surface area contributed by atoms with Crippen molar-refractivity contribution in [1.29, 1.82) is 0 Å². The van der Waals surface area contributed by atoms with Crippen molar-refractivity contribution in [1.82, 2.24) is 9.97 Å². The Kier molecular flexibility index (Phi) is 4.98. The van der Waals surface area contributed by atoms with Crippen LogP contribution in [0.4, 0.5) is 5.82 Å². The van der Waals surface area contributed by atoms with Gasteiger partial charge in [-0.1, -0.05) is 13.8 Å². The lowest BCUT2D eigenvalue weighted by molar-refractivity contribution is 0.360. The summed E-state index contributed by atoms with van der Waals surface area (Å²) in [4.78, 5) is 8.98. The monoisotopic (exact) mass is 311 g/mol. The van der Waals surface area contributed by atoms with Gasteiger partial charge < -0.3 is 5.32 Å². The highest BCUT2D eigenvalue weighted by atomic mass is 79.9. The van der Waals surface area contributed by atoms with E-state index < -0.39 is 0 Å². The van der Waals surface area contributed by atoms with E-state index in [4.69, 9.17) is 0 Å². The zero-order chi connectivity index (χ0) is 13.0. The summed E-state index contributed by atoms with van der Waals surface area (Å²) >= 11 is 3.47. The predicted octanol–water partition coefficient (Wildman–Crippen LogP) is 4.18. The van der Waals surface area contributed by atoms with E-state index in [9.17, 15) is 0 Å². The van der Waals surface area contributed by atoms with Gasteiger partial charge in [0.2, 0.25) is 0 Å². The number of hydrogen-bond acceptors (Lipinski definition) is 3. The number of rotatable bonds is 4. The van der Waals surface area contributed by atoms with Gasteiger partial charge in [-0.2, -0.15) is 0 Å². The summed E-state index contributed by atoms with van der Waals surface area (Å²) in [5, 5.41) is 3.56. The van der Waals surface area contributed by atoms with E-state index in [0.29, 0.717) is 6.04 Å². The Labute approximate surface area is 118 Å². The molecule has 0 unspecified atom stereocenters. The Morgan fingerprint density at radius 3 is 2.67 bits per heavy atom. The van der Waals surface area contributed by atoms with Crippen molar-refractivity contribution in [3.8, 4) is 0 Å². The quantitative estimate of drug-likeness (QED) is 0.848. The van der Waals surface area contributed by atoms with Crippen LogP contribution >= 0.6 is 15.9 Å². The third-order valence-corrected chi connectivity index (χ3v) is 3.99. The topological polar surface area (TPSA) is 37.8 Å². The minimum Gasteiger partial charge on any atom is -0.367 e. The third-order valence-electron chi connectivity index (χ3n) is 3.58. The van der Waals surface area contributed by atoms with Crippen molar-refractivity contribution in [2.75, 3.05) is 5.32 Å². The summed E-state index contributed by atoms with van der Waals surface area (Å²) < 4.78 is 0.882. The van der Waals surface area contributed by atoms with Crippen LogP contribution in [0.5, 0.6) is 0 Å². The van der Waals surface area contributed by atoms with Crippen molar-refractivity contribution in [2.45, 2.75) is 58.4 Å². The number of nitrogens with zero attached hydrogens (tertiary/aromatic N) is 2. The Bertz CT molecular complexity index is 387. The van der Waals surface area contributed by atoms with Gasteiger partial charge in [0.05, 0.1) is 0 Å². The fourth-order valence-electron chi connectivity index (χ4n) is 2.49. The van der Waals surface area contributed by atoms with E-state index in [1.54, 1.807) is 0 Å². The number of nitrogens with one attached hydrogen (secondary N) is 1. The molecule has 0 saturated heterocycles. The summed E-state index contributed by atoms with van der Waals surface area (Å²) in [7, 11) is 0. The first-order valence-electron chi connectivity index (χ1n) is 6.97. The molecule has 0 aliphatic heterocycles. The number of anilines is 1. The number of aryl methyl sites for hydroxylation is 1. The van der Waals surface area contributed by atoms with E-state index in [-0.39, 0.29) is 0 Å². The van der Waals surface area contributed by atoms with Gasteiger partial charge in [0.25, 0.3) is 0 Å². The fourth-order valence-corrected chi connectivity index (χ4v) is 2.91. The molecule has 0 aromatic carbocycles. The van der Waals surface area contributed by atoms with Crippen molar-refractivity contribution in [3.05, 3.63) is 16.5 Å². The normalized spacial score (nSPS) is 23.9. The molecule has 0 bridgehead atoms. The van der Waals surface area contributed by atoms with Crippen LogP contribution in [0.2, 0.25) is 0 Å². The Morgan fingerprint density at radius 2 is 2.00 bits per heavy atom. The first-order chi connectivity index (χ1) is 8.67. The molecular weight excluding hydrogens is 290 g/mol. The molecule has 18 heavy (non-hydrogen) atoms. The standard InChI is InChI=1S/C14H22BrN3/c1-3-4-13-17-12(15)9-14(18-13)16-11-7-5-10(2)6-8-11/h9-11H,3-8H2,1-2H3,(H,16,17,18). The van der Waals surface area contributed by atoms with Crippen molar-refractivity contribution in [2.24, 2.45) is 5.92 Å². The molecule has 1 fully saturated rings. The summed E-state index contributed by atoms with van der Waals surface area (Å²) in [5.74, 6) is 2.79. The molecule has 1 aromatic rings. The molecule has 0 amide bonds. The zero-order valence-electron chi connectivity index (χ0n) is 11.2. The van der Waals surface area contributed by atoms with Crippen LogP contribution in [0.1, 0.15) is 51.8 Å². The molecule has 0 spiro atoms. The van der Waals surface area contributed by atoms with Crippen LogP contribution in [0, 0.1) is 5.92 Å². The molecule has 1 aliphatic carbocycles. The molecule has 4 heteroatoms. The molecule has 1 N–H and O–H groups in total. The maximum absolute atomic E-state index is 4.58. The molecule has 0 atom stereocenters. The van der Waals surface area contributed by atoms with E-state index in [1.807, 2.05) is 6.07 Å². The van der Waals surface area contributed by atoms with Crippen molar-refractivity contribution < 1.29 is 0 Å². The minimum atomic E-state index is 0.581. The van der Waals surface area contributed by atoms with Gasteiger partial charge in [0.15, 0.2) is 0 Å². The average molecular weight is 312 g/mol. The van der Waals surface area contributed by atoms with Crippen LogP contribution in [0.15, 0.2) is 10.7 Å². The lowest BCUT2D eigenvalue weighted by Gasteiger charge is -2.27. The third kappa shape index (κ3) is 3.94. The Morgan fingerprint density at radius 1 is 1.28 bits per heavy atom. The van der Waals surface area contributed by atoms with E-state index in [2.05, 4.69) is 45.1 Å². The molecular formula is C14H22BrN3. The zero-order valence-corrected chi connectivity index (χ0v) is 12.8. The van der Waals surface area contributed by atoms with Crippen LogP contribution in [0.3, 0.4) is 0 Å². The van der Waals surface area contributed by atoms with E-state index >= 15 is 0 Å². The summed E-state index contributed by atoms with van der Waals surface area (Å²) in [6.45, 7) is 4.50. The first kappa shape index (κ1) is 13.8. The van der Waals surface area contributed by atoms with Crippen LogP contribution in [-0.2, 0) is 6.42 Å². The fraction of sp³-hybridized carbons (Fsp3) is 0.714. The van der Waals surface area contributed by atoms with Gasteiger partial charge in [0.1, 0.15) is 16.2 Å². The summed E-state index contributed by atoms with van der Waals surface area (Å²) in [6.07, 6.45) is 7.18. The lowest BCUT2D eigenvalue weighted by Crippen LogP contribution is -2.25. The Balaban J connectivity index is 2.00. The second-order valence-corrected chi connectivity index (χ2v) is 6.16. The second kappa shape index (κ2) is 6.50. The molecule has 3 nitrogen and oxygen atoms in total. The SMILES string of the molecule is CCCc1nc(Br)cc(NC2CCC(C)CC2)n1. The number of aromatic nitrogens is 2. The highest BCUT2D eigenvalue weighted by Crippen LogP contribution is 2.26. The number of hydrogen-bond donors (Lipinski definition) is 1. The summed E-state index contributed by atoms with van der Waals surface area (Å²) in [5.41, 5.74) is 0. The molecule has 1 aromatic heterocycles. The van der Waals surface area contributed by atoms with Gasteiger partial charge in [-0.15, -0.1) is 0 Å². The average Bonchev–Trinajstić information content (AvgIpc) is 2.32. The summed E-state index contributed by atoms with van der Waals surface area (Å²) in [6, 6.07) is 2.56. The molecule has 1 saturated carbocycles.